The number of fused-ring (bicyclic) bond motifs is 1. The van der Waals surface area contributed by atoms with Gasteiger partial charge in [0.15, 0.2) is 0 Å². The minimum Gasteiger partial charge on any atom is -0.490 e. The van der Waals surface area contributed by atoms with E-state index in [1.807, 2.05) is 0 Å². The summed E-state index contributed by atoms with van der Waals surface area (Å²) in [6.07, 6.45) is 4.94. The number of halogens is 1. The van der Waals surface area contributed by atoms with E-state index < -0.39 is 0 Å². The molecule has 1 heterocycles. The molecular weight excluding hydrogens is 229 g/mol. The molecule has 98 valence electrons. The third-order valence-electron chi connectivity index (χ3n) is 3.88. The number of rotatable bonds is 4. The molecule has 1 aromatic carbocycles. The van der Waals surface area contributed by atoms with Crippen LogP contribution in [-0.2, 0) is 0 Å². The van der Waals surface area contributed by atoms with E-state index in [1.165, 1.54) is 18.9 Å². The Morgan fingerprint density at radius 2 is 2.22 bits per heavy atom. The van der Waals surface area contributed by atoms with Gasteiger partial charge >= 0.3 is 0 Å². The molecule has 0 spiro atoms. The van der Waals surface area contributed by atoms with Gasteiger partial charge in [-0.05, 0) is 49.9 Å². The summed E-state index contributed by atoms with van der Waals surface area (Å²) in [5.41, 5.74) is 0.986. The van der Waals surface area contributed by atoms with Crippen molar-refractivity contribution in [2.75, 3.05) is 6.54 Å². The molecule has 0 saturated heterocycles. The quantitative estimate of drug-likeness (QED) is 0.882. The summed E-state index contributed by atoms with van der Waals surface area (Å²) in [5.74, 6) is 1.41. The molecule has 0 radical (unpaired) electrons. The topological polar surface area (TPSA) is 21.3 Å². The van der Waals surface area contributed by atoms with Crippen molar-refractivity contribution in [2.24, 2.45) is 5.92 Å². The van der Waals surface area contributed by atoms with Crippen LogP contribution in [0.25, 0.3) is 0 Å². The highest BCUT2D eigenvalue weighted by molar-refractivity contribution is 5.38. The van der Waals surface area contributed by atoms with E-state index >= 15 is 0 Å². The molecule has 2 atom stereocenters. The van der Waals surface area contributed by atoms with E-state index in [0.29, 0.717) is 12.0 Å². The first-order valence-electron chi connectivity index (χ1n) is 6.97. The van der Waals surface area contributed by atoms with Gasteiger partial charge in [-0.25, -0.2) is 4.39 Å². The number of ether oxygens (including phenoxy) is 1. The zero-order valence-corrected chi connectivity index (χ0v) is 10.8. The highest BCUT2D eigenvalue weighted by Crippen LogP contribution is 2.44. The lowest BCUT2D eigenvalue weighted by Crippen LogP contribution is -2.34. The van der Waals surface area contributed by atoms with Crippen molar-refractivity contribution in [3.63, 3.8) is 0 Å². The van der Waals surface area contributed by atoms with Crippen LogP contribution in [0.3, 0.4) is 0 Å². The van der Waals surface area contributed by atoms with Gasteiger partial charge in [-0.1, -0.05) is 6.92 Å². The Morgan fingerprint density at radius 1 is 1.39 bits per heavy atom. The molecule has 1 fully saturated rings. The van der Waals surface area contributed by atoms with Gasteiger partial charge in [0, 0.05) is 18.0 Å². The molecule has 2 nitrogen and oxygen atoms in total. The van der Waals surface area contributed by atoms with Crippen LogP contribution in [0.2, 0.25) is 0 Å². The predicted molar refractivity (Wildman–Crippen MR) is 69.2 cm³/mol. The molecule has 1 aliphatic carbocycles. The monoisotopic (exact) mass is 249 g/mol. The summed E-state index contributed by atoms with van der Waals surface area (Å²) in [7, 11) is 0. The van der Waals surface area contributed by atoms with Gasteiger partial charge in [-0.2, -0.15) is 0 Å². The van der Waals surface area contributed by atoms with Crippen molar-refractivity contribution >= 4 is 0 Å². The molecular formula is C15H20FNO. The first-order chi connectivity index (χ1) is 8.78. The second-order valence-electron chi connectivity index (χ2n) is 5.42. The summed E-state index contributed by atoms with van der Waals surface area (Å²) in [5, 5.41) is 3.52. The zero-order valence-electron chi connectivity index (χ0n) is 10.8. The van der Waals surface area contributed by atoms with Crippen molar-refractivity contribution in [3.8, 4) is 5.75 Å². The minimum absolute atomic E-state index is 0.175. The number of nitrogens with one attached hydrogen (secondary N) is 1. The predicted octanol–water partition coefficient (Wildman–Crippen LogP) is 3.43. The largest absolute Gasteiger partial charge is 0.490 e. The standard InChI is InChI=1S/C15H20FNO/c1-2-7-17-13-9-15(10-3-4-10)18-14-6-5-11(16)8-12(13)14/h5-6,8,10,13,15,17H,2-4,7,9H2,1H3. The number of hydrogen-bond acceptors (Lipinski definition) is 2. The smallest absolute Gasteiger partial charge is 0.124 e. The Morgan fingerprint density at radius 3 is 2.94 bits per heavy atom. The van der Waals surface area contributed by atoms with Crippen molar-refractivity contribution in [1.29, 1.82) is 0 Å². The van der Waals surface area contributed by atoms with Crippen molar-refractivity contribution < 1.29 is 9.13 Å². The molecule has 2 unspecified atom stereocenters. The van der Waals surface area contributed by atoms with E-state index in [2.05, 4.69) is 12.2 Å². The van der Waals surface area contributed by atoms with E-state index in [4.69, 9.17) is 4.74 Å². The van der Waals surface area contributed by atoms with Crippen molar-refractivity contribution in [1.82, 2.24) is 5.32 Å². The SMILES string of the molecule is CCCNC1CC(C2CC2)Oc2ccc(F)cc21. The molecule has 1 saturated carbocycles. The molecule has 1 aliphatic heterocycles. The normalized spacial score (nSPS) is 26.6. The fourth-order valence-corrected chi connectivity index (χ4v) is 2.74. The first-order valence-corrected chi connectivity index (χ1v) is 6.97. The average molecular weight is 249 g/mol. The summed E-state index contributed by atoms with van der Waals surface area (Å²) >= 11 is 0. The van der Waals surface area contributed by atoms with Gasteiger partial charge in [-0.15, -0.1) is 0 Å². The van der Waals surface area contributed by atoms with Gasteiger partial charge in [0.2, 0.25) is 0 Å². The lowest BCUT2D eigenvalue weighted by atomic mass is 9.94. The maximum absolute atomic E-state index is 13.4. The molecule has 0 aromatic heterocycles. The molecule has 0 amide bonds. The highest BCUT2D eigenvalue weighted by Gasteiger charge is 2.38. The van der Waals surface area contributed by atoms with Gasteiger partial charge < -0.3 is 10.1 Å². The molecule has 3 heteroatoms. The van der Waals surface area contributed by atoms with Gasteiger partial charge in [0.05, 0.1) is 0 Å². The summed E-state index contributed by atoms with van der Waals surface area (Å²) in [6.45, 7) is 3.12. The van der Waals surface area contributed by atoms with E-state index in [0.717, 1.165) is 30.7 Å². The maximum atomic E-state index is 13.4. The van der Waals surface area contributed by atoms with Crippen LogP contribution in [-0.4, -0.2) is 12.6 Å². The van der Waals surface area contributed by atoms with Crippen LogP contribution in [0.1, 0.15) is 44.2 Å². The second kappa shape index (κ2) is 4.88. The van der Waals surface area contributed by atoms with E-state index in [9.17, 15) is 4.39 Å². The van der Waals surface area contributed by atoms with Crippen LogP contribution in [0.5, 0.6) is 5.75 Å². The third-order valence-corrected chi connectivity index (χ3v) is 3.88. The number of benzene rings is 1. The van der Waals surface area contributed by atoms with Gasteiger partial charge in [0.25, 0.3) is 0 Å². The molecule has 0 bridgehead atoms. The molecule has 3 rings (SSSR count). The summed E-state index contributed by atoms with van der Waals surface area (Å²) in [6, 6.07) is 5.13. The van der Waals surface area contributed by atoms with Crippen molar-refractivity contribution in [3.05, 3.63) is 29.6 Å². The van der Waals surface area contributed by atoms with Crippen LogP contribution >= 0.6 is 0 Å². The zero-order chi connectivity index (χ0) is 12.5. The summed E-state index contributed by atoms with van der Waals surface area (Å²) in [4.78, 5) is 0. The highest BCUT2D eigenvalue weighted by atomic mass is 19.1. The van der Waals surface area contributed by atoms with Gasteiger partial charge in [0.1, 0.15) is 17.7 Å². The van der Waals surface area contributed by atoms with E-state index in [-0.39, 0.29) is 11.9 Å². The van der Waals surface area contributed by atoms with Crippen LogP contribution in [0, 0.1) is 11.7 Å². The Kier molecular flexibility index (Phi) is 3.25. The number of hydrogen-bond donors (Lipinski definition) is 1. The molecule has 1 aromatic rings. The third kappa shape index (κ3) is 2.37. The van der Waals surface area contributed by atoms with Gasteiger partial charge in [-0.3, -0.25) is 0 Å². The lowest BCUT2D eigenvalue weighted by Gasteiger charge is -2.33. The van der Waals surface area contributed by atoms with Crippen LogP contribution in [0.4, 0.5) is 4.39 Å². The maximum Gasteiger partial charge on any atom is 0.124 e. The average Bonchev–Trinajstić information content (AvgIpc) is 3.20. The van der Waals surface area contributed by atoms with E-state index in [1.54, 1.807) is 12.1 Å². The Hall–Kier alpha value is -1.09. The summed E-state index contributed by atoms with van der Waals surface area (Å²) < 4.78 is 19.4. The Balaban J connectivity index is 1.84. The lowest BCUT2D eigenvalue weighted by molar-refractivity contribution is 0.129. The minimum atomic E-state index is -0.175. The molecule has 2 aliphatic rings. The van der Waals surface area contributed by atoms with Crippen molar-refractivity contribution in [2.45, 2.75) is 44.8 Å². The fraction of sp³-hybridized carbons (Fsp3) is 0.600. The molecule has 18 heavy (non-hydrogen) atoms. The second-order valence-corrected chi connectivity index (χ2v) is 5.42. The first kappa shape index (κ1) is 12.0. The fourth-order valence-electron chi connectivity index (χ4n) is 2.74. The van der Waals surface area contributed by atoms with Crippen LogP contribution < -0.4 is 10.1 Å². The van der Waals surface area contributed by atoms with Crippen LogP contribution in [0.15, 0.2) is 18.2 Å². The Bertz CT molecular complexity index is 431. The molecule has 1 N–H and O–H groups in total. The Labute approximate surface area is 108 Å².